The van der Waals surface area contributed by atoms with Crippen molar-refractivity contribution in [1.29, 1.82) is 0 Å². The first-order valence-electron chi connectivity index (χ1n) is 8.76. The molecular formula is C18H19F3N2O4S2. The van der Waals surface area contributed by atoms with Gasteiger partial charge in [-0.2, -0.15) is 13.2 Å². The SMILES string of the molecule is O=S(=O)(N[C@@H]1CCCNC1)c1cc(S(=O)(=O)c2ccccc2)ccc1C(F)(F)F. The largest absolute Gasteiger partial charge is 0.417 e. The molecule has 1 heterocycles. The second-order valence-electron chi connectivity index (χ2n) is 6.64. The summed E-state index contributed by atoms with van der Waals surface area (Å²) in [5, 5.41) is 2.97. The molecular weight excluding hydrogens is 429 g/mol. The molecule has 0 radical (unpaired) electrons. The standard InChI is InChI=1S/C18H19F3N2O4S2/c19-18(20,21)16-9-8-15(28(24,25)14-6-2-1-3-7-14)11-17(16)29(26,27)23-13-5-4-10-22-12-13/h1-3,6-9,11,13,22-23H,4-5,10,12H2/t13-/m1/s1. The smallest absolute Gasteiger partial charge is 0.315 e. The topological polar surface area (TPSA) is 92.3 Å². The molecule has 1 saturated heterocycles. The van der Waals surface area contributed by atoms with Crippen molar-refractivity contribution >= 4 is 19.9 Å². The van der Waals surface area contributed by atoms with Gasteiger partial charge >= 0.3 is 6.18 Å². The van der Waals surface area contributed by atoms with Gasteiger partial charge in [-0.1, -0.05) is 18.2 Å². The number of piperidine rings is 1. The van der Waals surface area contributed by atoms with Crippen molar-refractivity contribution in [3.8, 4) is 0 Å². The number of alkyl halides is 3. The zero-order valence-electron chi connectivity index (χ0n) is 15.1. The molecule has 1 aliphatic heterocycles. The predicted molar refractivity (Wildman–Crippen MR) is 99.6 cm³/mol. The van der Waals surface area contributed by atoms with Crippen molar-refractivity contribution in [2.24, 2.45) is 0 Å². The minimum absolute atomic E-state index is 0.146. The number of hydrogen-bond acceptors (Lipinski definition) is 5. The van der Waals surface area contributed by atoms with E-state index in [-0.39, 0.29) is 11.4 Å². The van der Waals surface area contributed by atoms with Crippen molar-refractivity contribution in [1.82, 2.24) is 10.0 Å². The van der Waals surface area contributed by atoms with Crippen molar-refractivity contribution < 1.29 is 30.0 Å². The molecule has 0 spiro atoms. The number of sulfonamides is 1. The van der Waals surface area contributed by atoms with E-state index in [1.54, 1.807) is 6.07 Å². The summed E-state index contributed by atoms with van der Waals surface area (Å²) >= 11 is 0. The van der Waals surface area contributed by atoms with Crippen LogP contribution in [0.4, 0.5) is 13.2 Å². The third kappa shape index (κ3) is 4.80. The Bertz CT molecular complexity index is 1080. The molecule has 29 heavy (non-hydrogen) atoms. The fraction of sp³-hybridized carbons (Fsp3) is 0.333. The van der Waals surface area contributed by atoms with E-state index in [1.807, 2.05) is 0 Å². The second kappa shape index (κ2) is 8.05. The number of benzene rings is 2. The van der Waals surface area contributed by atoms with Gasteiger partial charge in [0.2, 0.25) is 19.9 Å². The quantitative estimate of drug-likeness (QED) is 0.734. The molecule has 0 amide bonds. The van der Waals surface area contributed by atoms with Crippen molar-refractivity contribution in [3.05, 3.63) is 54.1 Å². The molecule has 2 N–H and O–H groups in total. The van der Waals surface area contributed by atoms with E-state index in [0.29, 0.717) is 31.5 Å². The van der Waals surface area contributed by atoms with Crippen LogP contribution in [0.1, 0.15) is 18.4 Å². The third-order valence-electron chi connectivity index (χ3n) is 4.53. The van der Waals surface area contributed by atoms with E-state index < -0.39 is 47.4 Å². The number of sulfone groups is 1. The van der Waals surface area contributed by atoms with Crippen molar-refractivity contribution in [2.45, 2.75) is 39.7 Å². The van der Waals surface area contributed by atoms with Gasteiger partial charge in [-0.3, -0.25) is 0 Å². The molecule has 0 unspecified atom stereocenters. The van der Waals surface area contributed by atoms with Gasteiger partial charge in [-0.15, -0.1) is 0 Å². The maximum atomic E-state index is 13.5. The molecule has 0 aromatic heterocycles. The average molecular weight is 448 g/mol. The van der Waals surface area contributed by atoms with E-state index in [4.69, 9.17) is 0 Å². The summed E-state index contributed by atoms with van der Waals surface area (Å²) in [6, 6.07) is 8.34. The Morgan fingerprint density at radius 1 is 0.966 bits per heavy atom. The lowest BCUT2D eigenvalue weighted by molar-refractivity contribution is -0.139. The molecule has 6 nitrogen and oxygen atoms in total. The molecule has 2 aromatic carbocycles. The zero-order chi connectivity index (χ0) is 21.3. The van der Waals surface area contributed by atoms with Crippen LogP contribution in [-0.4, -0.2) is 36.0 Å². The van der Waals surface area contributed by atoms with Crippen LogP contribution in [0.25, 0.3) is 0 Å². The Balaban J connectivity index is 2.10. The van der Waals surface area contributed by atoms with Crippen LogP contribution in [0, 0.1) is 0 Å². The monoisotopic (exact) mass is 448 g/mol. The van der Waals surface area contributed by atoms with Gasteiger partial charge in [0.05, 0.1) is 20.2 Å². The lowest BCUT2D eigenvalue weighted by Gasteiger charge is -2.24. The van der Waals surface area contributed by atoms with Crippen LogP contribution in [0.3, 0.4) is 0 Å². The van der Waals surface area contributed by atoms with Gasteiger partial charge in [0.25, 0.3) is 0 Å². The fourth-order valence-electron chi connectivity index (χ4n) is 3.10. The molecule has 3 rings (SSSR count). The average Bonchev–Trinajstić information content (AvgIpc) is 2.68. The van der Waals surface area contributed by atoms with Gasteiger partial charge in [-0.25, -0.2) is 21.6 Å². The molecule has 2 aromatic rings. The highest BCUT2D eigenvalue weighted by molar-refractivity contribution is 7.91. The van der Waals surface area contributed by atoms with Gasteiger partial charge in [-0.05, 0) is 49.7 Å². The van der Waals surface area contributed by atoms with Crippen LogP contribution < -0.4 is 10.0 Å². The summed E-state index contributed by atoms with van der Waals surface area (Å²) in [5.41, 5.74) is -1.42. The normalized spacial score (nSPS) is 18.5. The van der Waals surface area contributed by atoms with E-state index in [9.17, 15) is 30.0 Å². The van der Waals surface area contributed by atoms with Gasteiger partial charge in [0.15, 0.2) is 0 Å². The number of hydrogen-bond donors (Lipinski definition) is 2. The molecule has 11 heteroatoms. The molecule has 1 fully saturated rings. The van der Waals surface area contributed by atoms with E-state index in [2.05, 4.69) is 10.0 Å². The number of nitrogens with one attached hydrogen (secondary N) is 2. The van der Waals surface area contributed by atoms with Gasteiger partial charge < -0.3 is 5.32 Å². The highest BCUT2D eigenvalue weighted by atomic mass is 32.2. The molecule has 1 aliphatic rings. The van der Waals surface area contributed by atoms with Gasteiger partial charge in [0, 0.05) is 12.6 Å². The minimum Gasteiger partial charge on any atom is -0.315 e. The molecule has 1 atom stereocenters. The summed E-state index contributed by atoms with van der Waals surface area (Å²) in [5.74, 6) is 0. The molecule has 158 valence electrons. The Hall–Kier alpha value is -1.95. The highest BCUT2D eigenvalue weighted by Gasteiger charge is 2.39. The summed E-state index contributed by atoms with van der Waals surface area (Å²) in [7, 11) is -8.80. The maximum Gasteiger partial charge on any atom is 0.417 e. The van der Waals surface area contributed by atoms with Crippen LogP contribution in [0.15, 0.2) is 63.2 Å². The van der Waals surface area contributed by atoms with Crippen LogP contribution in [-0.2, 0) is 26.0 Å². The first-order valence-corrected chi connectivity index (χ1v) is 11.7. The summed E-state index contributed by atoms with van der Waals surface area (Å²) in [6.45, 7) is 0.972. The Morgan fingerprint density at radius 2 is 1.66 bits per heavy atom. The van der Waals surface area contributed by atoms with Crippen molar-refractivity contribution in [3.63, 3.8) is 0 Å². The van der Waals surface area contributed by atoms with Gasteiger partial charge in [0.1, 0.15) is 0 Å². The van der Waals surface area contributed by atoms with Crippen LogP contribution in [0.5, 0.6) is 0 Å². The Kier molecular flexibility index (Phi) is 6.04. The van der Waals surface area contributed by atoms with E-state index >= 15 is 0 Å². The van der Waals surface area contributed by atoms with Crippen LogP contribution in [0.2, 0.25) is 0 Å². The molecule has 0 aliphatic carbocycles. The third-order valence-corrected chi connectivity index (χ3v) is 7.86. The summed E-state index contributed by atoms with van der Waals surface area (Å²) in [6.07, 6.45) is -3.83. The number of halogens is 3. The van der Waals surface area contributed by atoms with E-state index in [0.717, 1.165) is 6.07 Å². The summed E-state index contributed by atoms with van der Waals surface area (Å²) < 4.78 is 93.6. The maximum absolute atomic E-state index is 13.5. The Labute approximate surface area is 167 Å². The summed E-state index contributed by atoms with van der Waals surface area (Å²) in [4.78, 5) is -1.78. The molecule has 0 bridgehead atoms. The minimum atomic E-state index is -4.97. The predicted octanol–water partition coefficient (Wildman–Crippen LogP) is 2.57. The lowest BCUT2D eigenvalue weighted by Crippen LogP contribution is -2.45. The second-order valence-corrected chi connectivity index (χ2v) is 10.3. The van der Waals surface area contributed by atoms with Crippen molar-refractivity contribution in [2.75, 3.05) is 13.1 Å². The number of rotatable bonds is 5. The Morgan fingerprint density at radius 3 is 2.24 bits per heavy atom. The van der Waals surface area contributed by atoms with Crippen LogP contribution >= 0.6 is 0 Å². The molecule has 0 saturated carbocycles. The fourth-order valence-corrected chi connectivity index (χ4v) is 6.00. The first kappa shape index (κ1) is 21.8. The first-order chi connectivity index (χ1) is 13.5. The van der Waals surface area contributed by atoms with E-state index in [1.165, 1.54) is 24.3 Å². The lowest BCUT2D eigenvalue weighted by atomic mass is 10.1. The zero-order valence-corrected chi connectivity index (χ0v) is 16.7. The highest BCUT2D eigenvalue weighted by Crippen LogP contribution is 2.36.